The quantitative estimate of drug-likeness (QED) is 0.0765. The summed E-state index contributed by atoms with van der Waals surface area (Å²) in [5, 5.41) is 24.1. The van der Waals surface area contributed by atoms with Crippen LogP contribution in [0.4, 0.5) is 34.1 Å². The van der Waals surface area contributed by atoms with E-state index in [1.165, 1.54) is 69.8 Å². The zero-order chi connectivity index (χ0) is 33.4. The second kappa shape index (κ2) is 18.5. The lowest BCUT2D eigenvalue weighted by Gasteiger charge is -2.13. The molecule has 6 heteroatoms. The van der Waals surface area contributed by atoms with Gasteiger partial charge in [0.2, 0.25) is 0 Å². The number of rotatable bonds is 18. The molecule has 6 nitrogen and oxygen atoms in total. The van der Waals surface area contributed by atoms with Gasteiger partial charge in [-0.15, -0.1) is 10.2 Å². The largest absolute Gasteiger partial charge is 0.494 e. The Balaban J connectivity index is 1.25. The van der Waals surface area contributed by atoms with Crippen molar-refractivity contribution >= 4 is 44.9 Å². The molecule has 0 aliphatic heterocycles. The van der Waals surface area contributed by atoms with Crippen molar-refractivity contribution in [3.05, 3.63) is 114 Å². The number of hydrogen-bond donors (Lipinski definition) is 1. The van der Waals surface area contributed by atoms with Gasteiger partial charge < -0.3 is 10.1 Å². The summed E-state index contributed by atoms with van der Waals surface area (Å²) >= 11 is 0. The SMILES string of the molecule is CCCCCCCCCCCCc1ccc(Nc2ccc3ccccc3c2N=Nc2cc(C)c(N=Nc3ccccc3)cc2OC)cc1. The predicted octanol–water partition coefficient (Wildman–Crippen LogP) is 14.2. The molecule has 0 saturated heterocycles. The third-order valence-corrected chi connectivity index (χ3v) is 8.74. The van der Waals surface area contributed by atoms with E-state index >= 15 is 0 Å². The number of fused-ring (bicyclic) bond motifs is 1. The standard InChI is InChI=1S/C42H49N5O/c1-4-5-6-7-8-9-10-11-12-14-19-33-24-27-35(28-25-33)43-38-29-26-34-20-17-18-23-37(34)42(38)47-46-40-30-32(2)39(31-41(40)48-3)45-44-36-21-15-13-16-22-36/h13,15-18,20-31,43H,4-12,14,19H2,1-3H3. The Morgan fingerprint density at radius 2 is 1.27 bits per heavy atom. The first-order valence-corrected chi connectivity index (χ1v) is 17.6. The first-order valence-electron chi connectivity index (χ1n) is 17.6. The van der Waals surface area contributed by atoms with Crippen molar-refractivity contribution in [3.8, 4) is 5.75 Å². The molecule has 0 bridgehead atoms. The van der Waals surface area contributed by atoms with Gasteiger partial charge in [-0.25, -0.2) is 0 Å². The van der Waals surface area contributed by atoms with Crippen LogP contribution in [-0.4, -0.2) is 7.11 Å². The molecule has 0 atom stereocenters. The van der Waals surface area contributed by atoms with E-state index in [2.05, 4.69) is 71.0 Å². The fourth-order valence-corrected chi connectivity index (χ4v) is 5.91. The summed E-state index contributed by atoms with van der Waals surface area (Å²) in [6, 6.07) is 34.7. The lowest BCUT2D eigenvalue weighted by atomic mass is 10.0. The van der Waals surface area contributed by atoms with Crippen LogP contribution in [0.5, 0.6) is 5.75 Å². The van der Waals surface area contributed by atoms with Crippen LogP contribution >= 0.6 is 0 Å². The molecule has 0 fully saturated rings. The molecule has 0 radical (unpaired) electrons. The number of azo groups is 2. The Kier molecular flexibility index (Phi) is 13.3. The topological polar surface area (TPSA) is 70.7 Å². The predicted molar refractivity (Wildman–Crippen MR) is 202 cm³/mol. The minimum Gasteiger partial charge on any atom is -0.494 e. The Hall–Kier alpha value is -4.84. The molecule has 5 aromatic rings. The van der Waals surface area contributed by atoms with Gasteiger partial charge in [-0.2, -0.15) is 10.2 Å². The third-order valence-electron chi connectivity index (χ3n) is 8.74. The minimum absolute atomic E-state index is 0.583. The molecule has 248 valence electrons. The van der Waals surface area contributed by atoms with Gasteiger partial charge >= 0.3 is 0 Å². The normalized spacial score (nSPS) is 11.6. The average molecular weight is 640 g/mol. The Bertz CT molecular complexity index is 1780. The van der Waals surface area contributed by atoms with E-state index in [0.29, 0.717) is 11.4 Å². The van der Waals surface area contributed by atoms with Crippen LogP contribution in [0.15, 0.2) is 124 Å². The summed E-state index contributed by atoms with van der Waals surface area (Å²) < 4.78 is 5.70. The van der Waals surface area contributed by atoms with Crippen molar-refractivity contribution < 1.29 is 4.74 Å². The molecular weight excluding hydrogens is 590 g/mol. The molecule has 0 aliphatic rings. The zero-order valence-corrected chi connectivity index (χ0v) is 28.8. The number of aryl methyl sites for hydroxylation is 2. The van der Waals surface area contributed by atoms with Crippen molar-refractivity contribution in [2.45, 2.75) is 84.5 Å². The zero-order valence-electron chi connectivity index (χ0n) is 28.8. The highest BCUT2D eigenvalue weighted by Crippen LogP contribution is 2.40. The number of methoxy groups -OCH3 is 1. The second-order valence-electron chi connectivity index (χ2n) is 12.5. The molecular formula is C42H49N5O. The van der Waals surface area contributed by atoms with E-state index in [1.807, 2.05) is 61.5 Å². The number of nitrogens with one attached hydrogen (secondary N) is 1. The summed E-state index contributed by atoms with van der Waals surface area (Å²) in [7, 11) is 1.63. The van der Waals surface area contributed by atoms with Crippen molar-refractivity contribution in [3.63, 3.8) is 0 Å². The van der Waals surface area contributed by atoms with Crippen LogP contribution < -0.4 is 10.1 Å². The summed E-state index contributed by atoms with van der Waals surface area (Å²) in [6.45, 7) is 4.27. The van der Waals surface area contributed by atoms with Gasteiger partial charge in [0, 0.05) is 17.1 Å². The highest BCUT2D eigenvalue weighted by atomic mass is 16.5. The lowest BCUT2D eigenvalue weighted by Crippen LogP contribution is -1.93. The molecule has 0 unspecified atom stereocenters. The maximum absolute atomic E-state index is 5.70. The summed E-state index contributed by atoms with van der Waals surface area (Å²) in [4.78, 5) is 0. The van der Waals surface area contributed by atoms with Crippen molar-refractivity contribution in [1.82, 2.24) is 0 Å². The second-order valence-corrected chi connectivity index (χ2v) is 12.5. The van der Waals surface area contributed by atoms with Gasteiger partial charge in [0.25, 0.3) is 0 Å². The monoisotopic (exact) mass is 639 g/mol. The smallest absolute Gasteiger partial charge is 0.148 e. The summed E-state index contributed by atoms with van der Waals surface area (Å²) in [5.74, 6) is 0.583. The van der Waals surface area contributed by atoms with Crippen LogP contribution in [0, 0.1) is 6.92 Å². The van der Waals surface area contributed by atoms with Crippen molar-refractivity contribution in [1.29, 1.82) is 0 Å². The molecule has 0 spiro atoms. The van der Waals surface area contributed by atoms with E-state index in [-0.39, 0.29) is 0 Å². The van der Waals surface area contributed by atoms with Crippen LogP contribution in [0.3, 0.4) is 0 Å². The van der Waals surface area contributed by atoms with E-state index in [9.17, 15) is 0 Å². The van der Waals surface area contributed by atoms with Gasteiger partial charge in [0.1, 0.15) is 17.1 Å². The molecule has 1 N–H and O–H groups in total. The fourth-order valence-electron chi connectivity index (χ4n) is 5.91. The number of benzene rings is 5. The number of nitrogens with zero attached hydrogens (tertiary/aromatic N) is 4. The highest BCUT2D eigenvalue weighted by molar-refractivity contribution is 5.99. The Labute approximate surface area is 286 Å². The van der Waals surface area contributed by atoms with Crippen molar-refractivity contribution in [2.24, 2.45) is 20.5 Å². The Morgan fingerprint density at radius 1 is 0.604 bits per heavy atom. The van der Waals surface area contributed by atoms with Gasteiger partial charge in [-0.3, -0.25) is 0 Å². The molecule has 0 aliphatic carbocycles. The number of anilines is 2. The molecule has 0 heterocycles. The maximum Gasteiger partial charge on any atom is 0.148 e. The maximum atomic E-state index is 5.70. The number of unbranched alkanes of at least 4 members (excludes halogenated alkanes) is 9. The van der Waals surface area contributed by atoms with E-state index < -0.39 is 0 Å². The van der Waals surface area contributed by atoms with Gasteiger partial charge in [0.05, 0.1) is 24.2 Å². The average Bonchev–Trinajstić information content (AvgIpc) is 3.12. The molecule has 5 aromatic carbocycles. The molecule has 48 heavy (non-hydrogen) atoms. The Morgan fingerprint density at radius 3 is 2.00 bits per heavy atom. The lowest BCUT2D eigenvalue weighted by molar-refractivity contribution is 0.416. The first kappa shape index (κ1) is 34.5. The first-order chi connectivity index (χ1) is 23.6. The minimum atomic E-state index is 0.583. The van der Waals surface area contributed by atoms with Crippen molar-refractivity contribution in [2.75, 3.05) is 12.4 Å². The van der Waals surface area contributed by atoms with Crippen LogP contribution in [-0.2, 0) is 6.42 Å². The molecule has 0 saturated carbocycles. The van der Waals surface area contributed by atoms with Gasteiger partial charge in [0.15, 0.2) is 0 Å². The number of ether oxygens (including phenoxy) is 1. The fraction of sp³-hybridized carbons (Fsp3) is 0.333. The summed E-state index contributed by atoms with van der Waals surface area (Å²) in [5.41, 5.74) is 7.14. The van der Waals surface area contributed by atoms with Gasteiger partial charge in [-0.1, -0.05) is 125 Å². The van der Waals surface area contributed by atoms with Crippen LogP contribution in [0.1, 0.15) is 82.3 Å². The third kappa shape index (κ3) is 10.1. The van der Waals surface area contributed by atoms with Crippen LogP contribution in [0.25, 0.3) is 10.8 Å². The molecule has 0 aromatic heterocycles. The highest BCUT2D eigenvalue weighted by Gasteiger charge is 2.11. The van der Waals surface area contributed by atoms with E-state index in [0.717, 1.165) is 51.2 Å². The van der Waals surface area contributed by atoms with Crippen LogP contribution in [0.2, 0.25) is 0 Å². The molecule has 5 rings (SSSR count). The number of hydrogen-bond acceptors (Lipinski definition) is 6. The molecule has 0 amide bonds. The van der Waals surface area contributed by atoms with Gasteiger partial charge in [-0.05, 0) is 72.7 Å². The van der Waals surface area contributed by atoms with E-state index in [1.54, 1.807) is 7.11 Å². The summed E-state index contributed by atoms with van der Waals surface area (Å²) in [6.07, 6.45) is 14.7. The van der Waals surface area contributed by atoms with E-state index in [4.69, 9.17) is 15.0 Å².